The summed E-state index contributed by atoms with van der Waals surface area (Å²) >= 11 is 4.62. The molecule has 0 bridgehead atoms. The lowest BCUT2D eigenvalue weighted by Gasteiger charge is -2.38. The molecule has 0 aromatic rings. The third-order valence-corrected chi connectivity index (χ3v) is 6.43. The summed E-state index contributed by atoms with van der Waals surface area (Å²) in [5, 5.41) is 0.493. The highest BCUT2D eigenvalue weighted by molar-refractivity contribution is 7.80. The first-order valence-corrected chi connectivity index (χ1v) is 8.30. The van der Waals surface area contributed by atoms with Gasteiger partial charge in [0, 0.05) is 5.25 Å². The summed E-state index contributed by atoms with van der Waals surface area (Å²) < 4.78 is 0. The average molecular weight is 273 g/mol. The van der Waals surface area contributed by atoms with Gasteiger partial charge in [0.1, 0.15) is 0 Å². The Morgan fingerprint density at radius 3 is 1.00 bits per heavy atom. The van der Waals surface area contributed by atoms with E-state index >= 15 is 0 Å². The molecule has 0 aromatic heterocycles. The largest absolute Gasteiger partial charge is 0.176 e. The second-order valence-electron chi connectivity index (χ2n) is 7.14. The van der Waals surface area contributed by atoms with E-state index in [-0.39, 0.29) is 0 Å². The smallest absolute Gasteiger partial charge is 0.00167 e. The second-order valence-corrected chi connectivity index (χ2v) is 7.95. The third-order valence-electron chi connectivity index (χ3n) is 5.96. The molecule has 0 radical (unpaired) electrons. The molecule has 0 spiro atoms. The van der Waals surface area contributed by atoms with Gasteiger partial charge in [0.15, 0.2) is 0 Å². The monoisotopic (exact) mass is 272 g/mol. The summed E-state index contributed by atoms with van der Waals surface area (Å²) in [6.07, 6.45) is 0. The van der Waals surface area contributed by atoms with Gasteiger partial charge in [-0.1, -0.05) is 62.3 Å². The van der Waals surface area contributed by atoms with E-state index in [0.717, 1.165) is 35.5 Å². The van der Waals surface area contributed by atoms with E-state index in [2.05, 4.69) is 74.9 Å². The number of hydrogen-bond donors (Lipinski definition) is 1. The minimum Gasteiger partial charge on any atom is -0.176 e. The maximum Gasteiger partial charge on any atom is 0.00167 e. The van der Waals surface area contributed by atoms with Crippen LogP contribution < -0.4 is 0 Å². The predicted molar refractivity (Wildman–Crippen MR) is 88.3 cm³/mol. The molecule has 7 atom stereocenters. The van der Waals surface area contributed by atoms with Gasteiger partial charge in [-0.25, -0.2) is 0 Å². The van der Waals surface area contributed by atoms with Crippen LogP contribution >= 0.6 is 12.6 Å². The maximum atomic E-state index is 4.62. The van der Waals surface area contributed by atoms with Crippen molar-refractivity contribution < 1.29 is 0 Å². The molecule has 0 amide bonds. The Morgan fingerprint density at radius 2 is 0.722 bits per heavy atom. The molecular formula is C17H36S. The molecule has 0 aliphatic carbocycles. The third kappa shape index (κ3) is 4.79. The van der Waals surface area contributed by atoms with Crippen molar-refractivity contribution in [2.24, 2.45) is 41.4 Å². The quantitative estimate of drug-likeness (QED) is 0.558. The molecule has 0 aliphatic rings. The molecule has 0 N–H and O–H groups in total. The molecule has 0 saturated carbocycles. The summed E-state index contributed by atoms with van der Waals surface area (Å²) in [4.78, 5) is 0. The van der Waals surface area contributed by atoms with Crippen molar-refractivity contribution in [1.29, 1.82) is 0 Å². The molecule has 18 heavy (non-hydrogen) atoms. The van der Waals surface area contributed by atoms with Crippen LogP contribution in [0.5, 0.6) is 0 Å². The van der Waals surface area contributed by atoms with E-state index in [1.165, 1.54) is 0 Å². The van der Waals surface area contributed by atoms with Gasteiger partial charge in [-0.05, 0) is 41.4 Å². The fourth-order valence-corrected chi connectivity index (χ4v) is 3.23. The Balaban J connectivity index is 4.63. The zero-order chi connectivity index (χ0) is 14.6. The predicted octanol–water partition coefficient (Wildman–Crippen LogP) is 5.78. The molecule has 7 unspecified atom stereocenters. The van der Waals surface area contributed by atoms with Crippen LogP contribution in [0.15, 0.2) is 0 Å². The zero-order valence-electron chi connectivity index (χ0n) is 14.1. The molecule has 0 aromatic carbocycles. The van der Waals surface area contributed by atoms with Crippen LogP contribution in [-0.2, 0) is 0 Å². The topological polar surface area (TPSA) is 0 Å². The van der Waals surface area contributed by atoms with Crippen LogP contribution in [-0.4, -0.2) is 5.25 Å². The average Bonchev–Trinajstić information content (AvgIpc) is 2.32. The molecule has 0 heterocycles. The van der Waals surface area contributed by atoms with Crippen LogP contribution in [0.4, 0.5) is 0 Å². The minimum absolute atomic E-state index is 0.493. The van der Waals surface area contributed by atoms with E-state index in [9.17, 15) is 0 Å². The van der Waals surface area contributed by atoms with Crippen molar-refractivity contribution >= 4 is 12.6 Å². The van der Waals surface area contributed by atoms with Gasteiger partial charge < -0.3 is 0 Å². The fourth-order valence-electron chi connectivity index (χ4n) is 2.96. The van der Waals surface area contributed by atoms with Crippen molar-refractivity contribution in [3.05, 3.63) is 0 Å². The first-order valence-electron chi connectivity index (χ1n) is 7.79. The van der Waals surface area contributed by atoms with E-state index in [0.29, 0.717) is 11.2 Å². The summed E-state index contributed by atoms with van der Waals surface area (Å²) in [6, 6.07) is 0. The van der Waals surface area contributed by atoms with E-state index in [1.54, 1.807) is 0 Å². The Labute approximate surface area is 122 Å². The van der Waals surface area contributed by atoms with E-state index < -0.39 is 0 Å². The molecule has 0 fully saturated rings. The van der Waals surface area contributed by atoms with Crippen LogP contribution in [0.25, 0.3) is 0 Å². The number of thiol groups is 1. The van der Waals surface area contributed by atoms with E-state index in [1.807, 2.05) is 0 Å². The van der Waals surface area contributed by atoms with Crippen molar-refractivity contribution in [2.75, 3.05) is 0 Å². The highest BCUT2D eigenvalue weighted by atomic mass is 32.1. The van der Waals surface area contributed by atoms with E-state index in [4.69, 9.17) is 0 Å². The van der Waals surface area contributed by atoms with Gasteiger partial charge in [-0.3, -0.25) is 0 Å². The van der Waals surface area contributed by atoms with Crippen LogP contribution in [0.3, 0.4) is 0 Å². The zero-order valence-corrected chi connectivity index (χ0v) is 15.0. The Morgan fingerprint density at radius 1 is 0.444 bits per heavy atom. The summed E-state index contributed by atoms with van der Waals surface area (Å²) in [7, 11) is 0. The SMILES string of the molecule is CC(C)C(C)C(C)C(C)C(C)C(C)C(C)C(C)S. The summed E-state index contributed by atoms with van der Waals surface area (Å²) in [5.41, 5.74) is 0. The molecule has 0 aliphatic heterocycles. The summed E-state index contributed by atoms with van der Waals surface area (Å²) in [6.45, 7) is 21.4. The molecular weight excluding hydrogens is 236 g/mol. The van der Waals surface area contributed by atoms with Crippen molar-refractivity contribution in [3.63, 3.8) is 0 Å². The molecule has 0 nitrogen and oxygen atoms in total. The first-order chi connectivity index (χ1) is 8.11. The molecule has 0 saturated heterocycles. The first kappa shape index (κ1) is 18.4. The maximum absolute atomic E-state index is 4.62. The Bertz CT molecular complexity index is 198. The minimum atomic E-state index is 0.493. The van der Waals surface area contributed by atoms with Gasteiger partial charge in [0.25, 0.3) is 0 Å². The fraction of sp³-hybridized carbons (Fsp3) is 1.00. The lowest BCUT2D eigenvalue weighted by atomic mass is 9.69. The van der Waals surface area contributed by atoms with Crippen molar-refractivity contribution in [2.45, 2.75) is 67.6 Å². The number of rotatable bonds is 7. The standard InChI is InChI=1S/C17H36S/c1-10(2)11(3)12(4)13(5)14(6)15(7)16(8)17(9)18/h10-18H,1-9H3. The second kappa shape index (κ2) is 7.82. The van der Waals surface area contributed by atoms with Crippen LogP contribution in [0.2, 0.25) is 0 Å². The highest BCUT2D eigenvalue weighted by Crippen LogP contribution is 2.37. The molecule has 0 rings (SSSR count). The Kier molecular flexibility index (Phi) is 7.97. The molecule has 1 heteroatoms. The van der Waals surface area contributed by atoms with Gasteiger partial charge in [0.2, 0.25) is 0 Å². The lowest BCUT2D eigenvalue weighted by molar-refractivity contribution is 0.122. The van der Waals surface area contributed by atoms with Crippen LogP contribution in [0, 0.1) is 41.4 Å². The van der Waals surface area contributed by atoms with Crippen LogP contribution in [0.1, 0.15) is 62.3 Å². The number of hydrogen-bond acceptors (Lipinski definition) is 1. The van der Waals surface area contributed by atoms with Gasteiger partial charge in [0.05, 0.1) is 0 Å². The summed E-state index contributed by atoms with van der Waals surface area (Å²) in [5.74, 6) is 5.37. The highest BCUT2D eigenvalue weighted by Gasteiger charge is 2.31. The molecule has 110 valence electrons. The van der Waals surface area contributed by atoms with Crippen molar-refractivity contribution in [3.8, 4) is 0 Å². The van der Waals surface area contributed by atoms with Crippen molar-refractivity contribution in [1.82, 2.24) is 0 Å². The normalized spacial score (nSPS) is 24.2. The van der Waals surface area contributed by atoms with Gasteiger partial charge in [-0.2, -0.15) is 12.6 Å². The van der Waals surface area contributed by atoms with Gasteiger partial charge in [-0.15, -0.1) is 0 Å². The Hall–Kier alpha value is 0.350. The lowest BCUT2D eigenvalue weighted by Crippen LogP contribution is -2.32. The van der Waals surface area contributed by atoms with Gasteiger partial charge >= 0.3 is 0 Å².